The van der Waals surface area contributed by atoms with Gasteiger partial charge < -0.3 is 19.5 Å². The third kappa shape index (κ3) is 3.71. The van der Waals surface area contributed by atoms with Gasteiger partial charge in [-0.3, -0.25) is 4.79 Å². The molecule has 0 aromatic heterocycles. The van der Waals surface area contributed by atoms with Crippen LogP contribution >= 0.6 is 15.9 Å². The fraction of sp³-hybridized carbons (Fsp3) is 0.188. The van der Waals surface area contributed by atoms with E-state index in [0.29, 0.717) is 36.1 Å². The van der Waals surface area contributed by atoms with Gasteiger partial charge in [0.1, 0.15) is 19.0 Å². The highest BCUT2D eigenvalue weighted by molar-refractivity contribution is 9.10. The monoisotopic (exact) mass is 363 g/mol. The number of ether oxygens (including phenoxy) is 3. The molecule has 0 spiro atoms. The summed E-state index contributed by atoms with van der Waals surface area (Å²) in [5.74, 6) is 1.73. The summed E-state index contributed by atoms with van der Waals surface area (Å²) >= 11 is 3.34. The summed E-state index contributed by atoms with van der Waals surface area (Å²) in [6.45, 7) is 0.993. The average molecular weight is 364 g/mol. The molecule has 2 aromatic carbocycles. The van der Waals surface area contributed by atoms with E-state index in [1.54, 1.807) is 30.3 Å². The molecule has 1 aliphatic rings. The predicted octanol–water partition coefficient (Wildman–Crippen LogP) is 3.24. The largest absolute Gasteiger partial charge is 0.486 e. The molecule has 3 rings (SSSR count). The van der Waals surface area contributed by atoms with Crippen LogP contribution < -0.4 is 19.5 Å². The first-order chi connectivity index (χ1) is 10.7. The number of rotatable bonds is 4. The van der Waals surface area contributed by atoms with Gasteiger partial charge in [-0.05, 0) is 36.4 Å². The zero-order valence-electron chi connectivity index (χ0n) is 11.7. The van der Waals surface area contributed by atoms with Gasteiger partial charge in [0, 0.05) is 16.2 Å². The molecule has 0 radical (unpaired) electrons. The molecule has 0 unspecified atom stereocenters. The lowest BCUT2D eigenvalue weighted by Gasteiger charge is -2.19. The number of halogens is 1. The number of carbonyl (C=O) groups is 1. The molecule has 114 valence electrons. The highest BCUT2D eigenvalue weighted by Gasteiger charge is 2.12. The lowest BCUT2D eigenvalue weighted by molar-refractivity contribution is -0.118. The van der Waals surface area contributed by atoms with Gasteiger partial charge in [0.25, 0.3) is 5.91 Å². The Morgan fingerprint density at radius 2 is 1.82 bits per heavy atom. The molecule has 5 nitrogen and oxygen atoms in total. The summed E-state index contributed by atoms with van der Waals surface area (Å²) in [4.78, 5) is 11.9. The summed E-state index contributed by atoms with van der Waals surface area (Å²) in [7, 11) is 0. The molecule has 1 heterocycles. The van der Waals surface area contributed by atoms with E-state index in [1.807, 2.05) is 12.1 Å². The van der Waals surface area contributed by atoms with Gasteiger partial charge in [-0.1, -0.05) is 15.9 Å². The minimum atomic E-state index is -0.236. The van der Waals surface area contributed by atoms with E-state index in [4.69, 9.17) is 14.2 Å². The summed E-state index contributed by atoms with van der Waals surface area (Å²) in [5.41, 5.74) is 0.647. The Morgan fingerprint density at radius 1 is 1.09 bits per heavy atom. The van der Waals surface area contributed by atoms with Crippen LogP contribution in [0.3, 0.4) is 0 Å². The number of carbonyl (C=O) groups excluding carboxylic acids is 1. The Bertz CT molecular complexity index is 672. The fourth-order valence-corrected chi connectivity index (χ4v) is 2.26. The minimum absolute atomic E-state index is 0.0595. The van der Waals surface area contributed by atoms with Crippen molar-refractivity contribution in [3.05, 3.63) is 46.9 Å². The van der Waals surface area contributed by atoms with Crippen molar-refractivity contribution in [2.45, 2.75) is 0 Å². The van der Waals surface area contributed by atoms with E-state index in [1.165, 1.54) is 0 Å². The third-order valence-corrected chi connectivity index (χ3v) is 3.54. The van der Waals surface area contributed by atoms with E-state index in [2.05, 4.69) is 21.2 Å². The summed E-state index contributed by atoms with van der Waals surface area (Å²) < 4.78 is 17.3. The number of amides is 1. The summed E-state index contributed by atoms with van der Waals surface area (Å²) in [5, 5.41) is 2.76. The normalized spacial score (nSPS) is 12.6. The number of fused-ring (bicyclic) bond motifs is 1. The average Bonchev–Trinajstić information content (AvgIpc) is 2.54. The van der Waals surface area contributed by atoms with Crippen LogP contribution in [-0.2, 0) is 4.79 Å². The molecule has 0 atom stereocenters. The van der Waals surface area contributed by atoms with E-state index >= 15 is 0 Å². The molecular formula is C16H14BrNO4. The molecule has 2 aromatic rings. The van der Waals surface area contributed by atoms with Gasteiger partial charge in [-0.25, -0.2) is 0 Å². The highest BCUT2D eigenvalue weighted by atomic mass is 79.9. The van der Waals surface area contributed by atoms with Crippen LogP contribution in [-0.4, -0.2) is 25.7 Å². The van der Waals surface area contributed by atoms with Gasteiger partial charge in [0.05, 0.1) is 0 Å². The van der Waals surface area contributed by atoms with Crippen molar-refractivity contribution in [3.8, 4) is 17.2 Å². The molecule has 6 heteroatoms. The SMILES string of the molecule is O=C(COc1ccc(Br)cc1)Nc1ccc2c(c1)OCCO2. The molecule has 22 heavy (non-hydrogen) atoms. The van der Waals surface area contributed by atoms with Crippen LogP contribution in [0.2, 0.25) is 0 Å². The van der Waals surface area contributed by atoms with Gasteiger partial charge in [0.2, 0.25) is 0 Å². The van der Waals surface area contributed by atoms with Crippen molar-refractivity contribution in [1.82, 2.24) is 0 Å². The molecule has 1 aliphatic heterocycles. The molecule has 0 saturated heterocycles. The van der Waals surface area contributed by atoms with E-state index in [-0.39, 0.29) is 12.5 Å². The fourth-order valence-electron chi connectivity index (χ4n) is 2.00. The molecular weight excluding hydrogens is 350 g/mol. The molecule has 0 bridgehead atoms. The minimum Gasteiger partial charge on any atom is -0.486 e. The van der Waals surface area contributed by atoms with Crippen LogP contribution in [0.25, 0.3) is 0 Å². The maximum absolute atomic E-state index is 11.9. The van der Waals surface area contributed by atoms with Crippen LogP contribution in [0.15, 0.2) is 46.9 Å². The standard InChI is InChI=1S/C16H14BrNO4/c17-11-1-4-13(5-2-11)22-10-16(19)18-12-3-6-14-15(9-12)21-8-7-20-14/h1-6,9H,7-8,10H2,(H,18,19). The maximum Gasteiger partial charge on any atom is 0.262 e. The third-order valence-electron chi connectivity index (χ3n) is 3.01. The first-order valence-electron chi connectivity index (χ1n) is 6.78. The summed E-state index contributed by atoms with van der Waals surface area (Å²) in [6.07, 6.45) is 0. The maximum atomic E-state index is 11.9. The Hall–Kier alpha value is -2.21. The smallest absolute Gasteiger partial charge is 0.262 e. The molecule has 0 aliphatic carbocycles. The Kier molecular flexibility index (Phi) is 4.48. The van der Waals surface area contributed by atoms with Crippen molar-refractivity contribution >= 4 is 27.5 Å². The molecule has 1 N–H and O–H groups in total. The number of nitrogens with one attached hydrogen (secondary N) is 1. The molecule has 0 fully saturated rings. The first kappa shape index (κ1) is 14.7. The highest BCUT2D eigenvalue weighted by Crippen LogP contribution is 2.32. The van der Waals surface area contributed by atoms with Crippen molar-refractivity contribution in [2.75, 3.05) is 25.1 Å². The van der Waals surface area contributed by atoms with Gasteiger partial charge >= 0.3 is 0 Å². The Morgan fingerprint density at radius 3 is 2.59 bits per heavy atom. The van der Waals surface area contributed by atoms with Crippen LogP contribution in [0, 0.1) is 0 Å². The molecule has 0 saturated carbocycles. The lowest BCUT2D eigenvalue weighted by Crippen LogP contribution is -2.20. The van der Waals surface area contributed by atoms with Crippen molar-refractivity contribution in [2.24, 2.45) is 0 Å². The first-order valence-corrected chi connectivity index (χ1v) is 7.58. The van der Waals surface area contributed by atoms with Crippen molar-refractivity contribution < 1.29 is 19.0 Å². The van der Waals surface area contributed by atoms with Crippen LogP contribution in [0.4, 0.5) is 5.69 Å². The molecule has 1 amide bonds. The van der Waals surface area contributed by atoms with E-state index in [0.717, 1.165) is 4.47 Å². The van der Waals surface area contributed by atoms with Gasteiger partial charge in [0.15, 0.2) is 18.1 Å². The second kappa shape index (κ2) is 6.70. The van der Waals surface area contributed by atoms with Gasteiger partial charge in [-0.15, -0.1) is 0 Å². The van der Waals surface area contributed by atoms with E-state index in [9.17, 15) is 4.79 Å². The van der Waals surface area contributed by atoms with E-state index < -0.39 is 0 Å². The topological polar surface area (TPSA) is 56.8 Å². The lowest BCUT2D eigenvalue weighted by atomic mass is 10.2. The zero-order valence-corrected chi connectivity index (χ0v) is 13.3. The number of hydrogen-bond acceptors (Lipinski definition) is 4. The van der Waals surface area contributed by atoms with Crippen molar-refractivity contribution in [1.29, 1.82) is 0 Å². The predicted molar refractivity (Wildman–Crippen MR) is 85.7 cm³/mol. The Labute approximate surface area is 136 Å². The quantitative estimate of drug-likeness (QED) is 0.905. The second-order valence-electron chi connectivity index (χ2n) is 4.65. The zero-order chi connectivity index (χ0) is 15.4. The second-order valence-corrected chi connectivity index (χ2v) is 5.56. The van der Waals surface area contributed by atoms with Gasteiger partial charge in [-0.2, -0.15) is 0 Å². The number of benzene rings is 2. The Balaban J connectivity index is 1.56. The van der Waals surface area contributed by atoms with Crippen LogP contribution in [0.1, 0.15) is 0 Å². The summed E-state index contributed by atoms with van der Waals surface area (Å²) in [6, 6.07) is 12.6. The number of anilines is 1. The number of hydrogen-bond donors (Lipinski definition) is 1. The van der Waals surface area contributed by atoms with Crippen molar-refractivity contribution in [3.63, 3.8) is 0 Å². The van der Waals surface area contributed by atoms with Crippen LogP contribution in [0.5, 0.6) is 17.2 Å².